The fourth-order valence-electron chi connectivity index (χ4n) is 5.09. The van der Waals surface area contributed by atoms with Gasteiger partial charge in [-0.2, -0.15) is 0 Å². The molecular weight excluding hydrogens is 330 g/mol. The number of hydrogen-bond acceptors (Lipinski definition) is 3. The van der Waals surface area contributed by atoms with Crippen molar-refractivity contribution in [3.63, 3.8) is 0 Å². The van der Waals surface area contributed by atoms with E-state index in [1.807, 2.05) is 30.1 Å². The van der Waals surface area contributed by atoms with Crippen LogP contribution in [-0.2, 0) is 16.0 Å². The Balaban J connectivity index is 1.34. The van der Waals surface area contributed by atoms with E-state index in [1.54, 1.807) is 0 Å². The summed E-state index contributed by atoms with van der Waals surface area (Å²) in [7, 11) is 1.94. The normalized spacial score (nSPS) is 26.5. The number of carbonyl (C=O) groups is 1. The second kappa shape index (κ2) is 6.27. The first kappa shape index (κ1) is 17.3. The number of fused-ring (bicyclic) bond motifs is 2. The number of aromatic amines is 2. The monoisotopic (exact) mass is 357 g/mol. The molecule has 2 N–H and O–H groups in total. The maximum atomic E-state index is 12.7. The van der Waals surface area contributed by atoms with E-state index < -0.39 is 0 Å². The Morgan fingerprint density at radius 2 is 2.08 bits per heavy atom. The molecule has 0 radical (unpaired) electrons. The lowest BCUT2D eigenvalue weighted by atomic mass is 9.57. The van der Waals surface area contributed by atoms with Gasteiger partial charge in [0.05, 0.1) is 17.1 Å². The van der Waals surface area contributed by atoms with Crippen LogP contribution in [0.4, 0.5) is 0 Å². The molecule has 0 unspecified atom stereocenters. The number of amides is 1. The molecule has 6 heteroatoms. The lowest BCUT2D eigenvalue weighted by Gasteiger charge is -2.57. The SMILES string of the molecule is CN(C(=O)CCCc1ccc2[nH]c(=O)[nH]c2c1)[C@@H]1[C@H]2CCO[C@H]2C1(C)C. The smallest absolute Gasteiger partial charge is 0.323 e. The average Bonchev–Trinajstić information content (AvgIpc) is 3.18. The van der Waals surface area contributed by atoms with Gasteiger partial charge in [-0.25, -0.2) is 4.79 Å². The van der Waals surface area contributed by atoms with Crippen molar-refractivity contribution in [1.82, 2.24) is 14.9 Å². The summed E-state index contributed by atoms with van der Waals surface area (Å²) in [5.41, 5.74) is 2.62. The van der Waals surface area contributed by atoms with Crippen LogP contribution in [0.1, 0.15) is 38.7 Å². The van der Waals surface area contributed by atoms with E-state index in [0.29, 0.717) is 18.4 Å². The van der Waals surface area contributed by atoms with Crippen LogP contribution in [0, 0.1) is 11.3 Å². The lowest BCUT2D eigenvalue weighted by molar-refractivity contribution is -0.167. The number of imidazole rings is 1. The molecule has 0 bridgehead atoms. The van der Waals surface area contributed by atoms with E-state index in [0.717, 1.165) is 42.5 Å². The number of nitrogens with one attached hydrogen (secondary N) is 2. The molecule has 1 aliphatic heterocycles. The number of carbonyl (C=O) groups excluding carboxylic acids is 1. The molecule has 1 amide bonds. The van der Waals surface area contributed by atoms with Crippen molar-refractivity contribution in [2.45, 2.75) is 51.7 Å². The molecule has 0 spiro atoms. The van der Waals surface area contributed by atoms with Crippen molar-refractivity contribution in [2.75, 3.05) is 13.7 Å². The zero-order chi connectivity index (χ0) is 18.5. The van der Waals surface area contributed by atoms with Gasteiger partial charge in [-0.1, -0.05) is 19.9 Å². The van der Waals surface area contributed by atoms with Gasteiger partial charge in [0.2, 0.25) is 5.91 Å². The number of H-pyrrole nitrogens is 2. The number of hydrogen-bond donors (Lipinski definition) is 2. The summed E-state index contributed by atoms with van der Waals surface area (Å²) < 4.78 is 5.84. The largest absolute Gasteiger partial charge is 0.377 e. The number of ether oxygens (including phenoxy) is 1. The first-order valence-electron chi connectivity index (χ1n) is 9.46. The quantitative estimate of drug-likeness (QED) is 0.863. The van der Waals surface area contributed by atoms with Gasteiger partial charge < -0.3 is 19.6 Å². The predicted octanol–water partition coefficient (Wildman–Crippen LogP) is 2.45. The van der Waals surface area contributed by atoms with E-state index in [1.165, 1.54) is 0 Å². The summed E-state index contributed by atoms with van der Waals surface area (Å²) in [5, 5.41) is 0. The van der Waals surface area contributed by atoms with Crippen molar-refractivity contribution in [3.8, 4) is 0 Å². The molecule has 3 atom stereocenters. The van der Waals surface area contributed by atoms with Gasteiger partial charge in [-0.3, -0.25) is 4.79 Å². The minimum Gasteiger partial charge on any atom is -0.377 e. The second-order valence-corrected chi connectivity index (χ2v) is 8.33. The van der Waals surface area contributed by atoms with Gasteiger partial charge >= 0.3 is 5.69 Å². The maximum absolute atomic E-state index is 12.7. The molecule has 26 heavy (non-hydrogen) atoms. The Morgan fingerprint density at radius 3 is 2.88 bits per heavy atom. The van der Waals surface area contributed by atoms with Crippen molar-refractivity contribution in [2.24, 2.45) is 11.3 Å². The molecule has 2 heterocycles. The number of aromatic nitrogens is 2. The second-order valence-electron chi connectivity index (χ2n) is 8.33. The van der Waals surface area contributed by atoms with Crippen molar-refractivity contribution >= 4 is 16.9 Å². The highest BCUT2D eigenvalue weighted by Crippen LogP contribution is 2.54. The molecule has 140 valence electrons. The summed E-state index contributed by atoms with van der Waals surface area (Å²) in [6.07, 6.45) is 3.54. The summed E-state index contributed by atoms with van der Waals surface area (Å²) in [5.74, 6) is 0.705. The molecule has 1 aliphatic carbocycles. The molecule has 2 aliphatic rings. The molecule has 4 rings (SSSR count). The molecular formula is C20H27N3O3. The molecule has 1 aromatic heterocycles. The predicted molar refractivity (Wildman–Crippen MR) is 100 cm³/mol. The van der Waals surface area contributed by atoms with Crippen LogP contribution in [0.25, 0.3) is 11.0 Å². The van der Waals surface area contributed by atoms with E-state index in [-0.39, 0.29) is 23.1 Å². The van der Waals surface area contributed by atoms with Crippen LogP contribution < -0.4 is 5.69 Å². The maximum Gasteiger partial charge on any atom is 0.323 e. The Kier molecular flexibility index (Phi) is 4.18. The van der Waals surface area contributed by atoms with Crippen LogP contribution in [0.5, 0.6) is 0 Å². The topological polar surface area (TPSA) is 78.2 Å². The Hall–Kier alpha value is -2.08. The first-order valence-corrected chi connectivity index (χ1v) is 9.46. The number of benzene rings is 1. The average molecular weight is 357 g/mol. The molecule has 2 fully saturated rings. The third-order valence-electron chi connectivity index (χ3n) is 6.29. The fraction of sp³-hybridized carbons (Fsp3) is 0.600. The van der Waals surface area contributed by atoms with Crippen molar-refractivity contribution in [1.29, 1.82) is 0 Å². The van der Waals surface area contributed by atoms with Crippen LogP contribution in [-0.4, -0.2) is 46.6 Å². The highest BCUT2D eigenvalue weighted by molar-refractivity contribution is 5.77. The number of nitrogens with zero attached hydrogens (tertiary/aromatic N) is 1. The standard InChI is InChI=1S/C20H27N3O3/c1-20(2)17(13-9-10-26-18(13)20)23(3)16(24)6-4-5-12-7-8-14-15(11-12)22-19(25)21-14/h7-8,11,13,17-18H,4-6,9-10H2,1-3H3,(H2,21,22,25)/t13-,17-,18-/m1/s1. The molecule has 2 aromatic rings. The van der Waals surface area contributed by atoms with Gasteiger partial charge in [0.1, 0.15) is 0 Å². The third-order valence-corrected chi connectivity index (χ3v) is 6.29. The van der Waals surface area contributed by atoms with E-state index in [9.17, 15) is 9.59 Å². The zero-order valence-electron chi connectivity index (χ0n) is 15.7. The first-order chi connectivity index (χ1) is 12.4. The Bertz CT molecular complexity index is 882. The number of aryl methyl sites for hydroxylation is 1. The Labute approximate surface area is 152 Å². The third kappa shape index (κ3) is 2.76. The lowest BCUT2D eigenvalue weighted by Crippen LogP contribution is -2.66. The van der Waals surface area contributed by atoms with Crippen LogP contribution in [0.15, 0.2) is 23.0 Å². The van der Waals surface area contributed by atoms with E-state index in [4.69, 9.17) is 4.74 Å². The molecule has 1 saturated carbocycles. The summed E-state index contributed by atoms with van der Waals surface area (Å²) in [6, 6.07) is 6.18. The molecule has 1 aromatic carbocycles. The van der Waals surface area contributed by atoms with Gasteiger partial charge in [-0.15, -0.1) is 0 Å². The van der Waals surface area contributed by atoms with Gasteiger partial charge in [0.25, 0.3) is 0 Å². The highest BCUT2D eigenvalue weighted by atomic mass is 16.5. The van der Waals surface area contributed by atoms with Crippen molar-refractivity contribution < 1.29 is 9.53 Å². The van der Waals surface area contributed by atoms with E-state index >= 15 is 0 Å². The van der Waals surface area contributed by atoms with Gasteiger partial charge in [-0.05, 0) is 37.0 Å². The van der Waals surface area contributed by atoms with E-state index in [2.05, 4.69) is 23.8 Å². The zero-order valence-corrected chi connectivity index (χ0v) is 15.7. The summed E-state index contributed by atoms with van der Waals surface area (Å²) >= 11 is 0. The minimum atomic E-state index is -0.189. The van der Waals surface area contributed by atoms with Crippen LogP contribution >= 0.6 is 0 Å². The Morgan fingerprint density at radius 1 is 1.31 bits per heavy atom. The highest BCUT2D eigenvalue weighted by Gasteiger charge is 2.61. The van der Waals surface area contributed by atoms with Gasteiger partial charge in [0, 0.05) is 37.5 Å². The summed E-state index contributed by atoms with van der Waals surface area (Å²) in [6.45, 7) is 5.24. The van der Waals surface area contributed by atoms with Crippen LogP contribution in [0.2, 0.25) is 0 Å². The van der Waals surface area contributed by atoms with Gasteiger partial charge in [0.15, 0.2) is 0 Å². The molecule has 1 saturated heterocycles. The molecule has 6 nitrogen and oxygen atoms in total. The number of rotatable bonds is 5. The van der Waals surface area contributed by atoms with Crippen LogP contribution in [0.3, 0.4) is 0 Å². The van der Waals surface area contributed by atoms with Crippen molar-refractivity contribution in [3.05, 3.63) is 34.2 Å². The summed E-state index contributed by atoms with van der Waals surface area (Å²) in [4.78, 5) is 31.5. The minimum absolute atomic E-state index is 0.0385. The fourth-order valence-corrected chi connectivity index (χ4v) is 5.09.